The molecule has 0 radical (unpaired) electrons. The first-order valence-electron chi connectivity index (χ1n) is 19.5. The van der Waals surface area contributed by atoms with Gasteiger partial charge in [-0.15, -0.1) is 0 Å². The third-order valence-electron chi connectivity index (χ3n) is 11.1. The first-order valence-corrected chi connectivity index (χ1v) is 28.2. The average Bonchev–Trinajstić information content (AvgIpc) is 4.11. The molecule has 5 heterocycles. The van der Waals surface area contributed by atoms with E-state index in [0.717, 1.165) is 48.5 Å². The number of rotatable bonds is 8. The van der Waals surface area contributed by atoms with Gasteiger partial charge in [0.25, 0.3) is 0 Å². The minimum Gasteiger partial charge on any atom is -0.744 e. The van der Waals surface area contributed by atoms with E-state index in [4.69, 9.17) is 103 Å². The van der Waals surface area contributed by atoms with Crippen molar-refractivity contribution in [3.05, 3.63) is 136 Å². The quantitative estimate of drug-likeness (QED) is 0.152. The predicted octanol–water partition coefficient (Wildman–Crippen LogP) is 0.183. The molecule has 9 rings (SSSR count). The van der Waals surface area contributed by atoms with E-state index in [2.05, 4.69) is 9.97 Å². The number of hydrogen-bond acceptors (Lipinski definition) is 14. The summed E-state index contributed by atoms with van der Waals surface area (Å²) in [6, 6.07) is 13.6. The summed E-state index contributed by atoms with van der Waals surface area (Å²) in [5.74, 6) is 0. The Morgan fingerprint density at radius 1 is 0.303 bits per heavy atom. The Morgan fingerprint density at radius 3 is 0.658 bits per heavy atom. The zero-order valence-corrected chi connectivity index (χ0v) is 56.0. The smallest absolute Gasteiger partial charge is 0.744 e. The van der Waals surface area contributed by atoms with Crippen LogP contribution in [0.15, 0.2) is 92.4 Å². The molecule has 0 aliphatic carbocycles. The molecule has 4 aromatic carbocycles. The Morgan fingerprint density at radius 2 is 0.487 bits per heavy atom. The van der Waals surface area contributed by atoms with Crippen LogP contribution in [0, 0.1) is 0 Å². The zero-order chi connectivity index (χ0) is 52.3. The van der Waals surface area contributed by atoms with Crippen molar-refractivity contribution in [1.29, 1.82) is 0 Å². The molecule has 16 nitrogen and oxygen atoms in total. The van der Waals surface area contributed by atoms with Crippen molar-refractivity contribution >= 4 is 180 Å². The number of nitrogens with zero attached hydrogens (tertiary/aromatic N) is 2. The van der Waals surface area contributed by atoms with Crippen LogP contribution in [-0.4, -0.2) is 71.8 Å². The molecule has 2 N–H and O–H groups in total. The van der Waals surface area contributed by atoms with Gasteiger partial charge >= 0.3 is 118 Å². The Bertz CT molecular complexity index is 3820. The van der Waals surface area contributed by atoms with Gasteiger partial charge in [-0.1, -0.05) is 92.8 Å². The van der Waals surface area contributed by atoms with Gasteiger partial charge in [0.2, 0.25) is 0 Å². The topological polar surface area (TPSA) is 286 Å². The van der Waals surface area contributed by atoms with Gasteiger partial charge in [0.1, 0.15) is 40.5 Å². The first kappa shape index (κ1) is 66.2. The van der Waals surface area contributed by atoms with E-state index >= 15 is 0 Å². The number of aromatic nitrogens is 4. The molecule has 3 aromatic heterocycles. The van der Waals surface area contributed by atoms with Gasteiger partial charge < -0.3 is 28.2 Å². The fraction of sp³-hybridized carbons (Fsp3) is 0. The van der Waals surface area contributed by atoms with Crippen LogP contribution in [0.25, 0.3) is 90.9 Å². The molecule has 0 atom stereocenters. The van der Waals surface area contributed by atoms with E-state index in [1.165, 1.54) is 48.6 Å². The molecule has 0 spiro atoms. The maximum atomic E-state index is 12.6. The molecule has 2 aliphatic heterocycles. The number of halogens is 8. The predicted molar refractivity (Wildman–Crippen MR) is 273 cm³/mol. The molecular formula is C44H18Cl8N4Na4O12S4. The van der Waals surface area contributed by atoms with E-state index in [-0.39, 0.29) is 228 Å². The van der Waals surface area contributed by atoms with Crippen molar-refractivity contribution in [3.8, 4) is 44.5 Å². The second-order valence-electron chi connectivity index (χ2n) is 15.3. The normalized spacial score (nSPS) is 12.4. The largest absolute Gasteiger partial charge is 1.00 e. The van der Waals surface area contributed by atoms with Gasteiger partial charge in [-0.05, 0) is 97.1 Å². The summed E-state index contributed by atoms with van der Waals surface area (Å²) in [4.78, 5) is 12.4. The van der Waals surface area contributed by atoms with E-state index in [1.54, 1.807) is 0 Å². The molecule has 76 heavy (non-hydrogen) atoms. The molecule has 0 saturated heterocycles. The summed E-state index contributed by atoms with van der Waals surface area (Å²) in [6.07, 6.45) is 5.52. The number of hydrogen-bond donors (Lipinski definition) is 2. The molecule has 7 aromatic rings. The molecule has 8 bridgehead atoms. The van der Waals surface area contributed by atoms with Crippen molar-refractivity contribution in [2.45, 2.75) is 19.6 Å². The van der Waals surface area contributed by atoms with Gasteiger partial charge in [0, 0.05) is 66.6 Å². The summed E-state index contributed by atoms with van der Waals surface area (Å²) in [5.41, 5.74) is -1.86. The van der Waals surface area contributed by atoms with Crippen LogP contribution in [-0.2, 0) is 40.5 Å². The van der Waals surface area contributed by atoms with Crippen molar-refractivity contribution < 1.29 is 170 Å². The molecule has 32 heteroatoms. The van der Waals surface area contributed by atoms with E-state index in [9.17, 15) is 51.9 Å². The van der Waals surface area contributed by atoms with E-state index in [1.807, 2.05) is 0 Å². The minimum atomic E-state index is -5.29. The monoisotopic (exact) mass is 1290 g/mol. The molecule has 0 unspecified atom stereocenters. The van der Waals surface area contributed by atoms with Crippen LogP contribution in [0.2, 0.25) is 40.2 Å². The van der Waals surface area contributed by atoms with Gasteiger partial charge in [0.15, 0.2) is 0 Å². The number of fused-ring (bicyclic) bond motifs is 8. The molecule has 0 fully saturated rings. The van der Waals surface area contributed by atoms with Crippen LogP contribution in [0.5, 0.6) is 0 Å². The van der Waals surface area contributed by atoms with Crippen LogP contribution < -0.4 is 118 Å². The molecule has 2 aliphatic rings. The first-order chi connectivity index (χ1) is 33.6. The summed E-state index contributed by atoms with van der Waals surface area (Å²) in [6.45, 7) is 0. The van der Waals surface area contributed by atoms with Gasteiger partial charge in [-0.25, -0.2) is 43.6 Å². The number of aromatic amines is 2. The standard InChI is InChI=1S/C44H22Cl8N4O12S4.4Na/c45-17-1-13-29(69(57,58)59)41(49)33(17)37-21-5-7-23(53-21)38(34-18(46)2-14-30(42(34)50)70(60,61)62)25-9-11-27(55-25)40(36-20(48)4-16-32(44(36)52)72(66,67)68)28-12-10-26(56-28)39(24-8-6-22(37)54-24)35-19(47)3-15-31(43(35)51)71(63,64)65;;;;/h1-16,53,56H,(H,57,58,59)(H,60,61,62)(H,63,64,65)(H,66,67,68);;;;/q;4*+1/p-4. The fourth-order valence-corrected chi connectivity index (χ4v) is 13.7. The second kappa shape index (κ2) is 24.7. The summed E-state index contributed by atoms with van der Waals surface area (Å²) < 4.78 is 151. The number of nitrogens with one attached hydrogen (secondary N) is 2. The Labute approximate surface area is 561 Å². The summed E-state index contributed by atoms with van der Waals surface area (Å²) in [7, 11) is -21.1. The van der Waals surface area contributed by atoms with E-state index in [0.29, 0.717) is 0 Å². The van der Waals surface area contributed by atoms with Crippen LogP contribution in [0.4, 0.5) is 0 Å². The van der Waals surface area contributed by atoms with Crippen molar-refractivity contribution in [2.75, 3.05) is 0 Å². The summed E-state index contributed by atoms with van der Waals surface area (Å²) >= 11 is 54.3. The minimum absolute atomic E-state index is 0. The van der Waals surface area contributed by atoms with Crippen molar-refractivity contribution in [1.82, 2.24) is 19.9 Å². The fourth-order valence-electron chi connectivity index (χ4n) is 8.08. The van der Waals surface area contributed by atoms with Crippen LogP contribution in [0.3, 0.4) is 0 Å². The Kier molecular flexibility index (Phi) is 21.5. The van der Waals surface area contributed by atoms with Crippen molar-refractivity contribution in [3.63, 3.8) is 0 Å². The van der Waals surface area contributed by atoms with Crippen LogP contribution in [0.1, 0.15) is 22.8 Å². The van der Waals surface area contributed by atoms with Crippen molar-refractivity contribution in [2.24, 2.45) is 0 Å². The van der Waals surface area contributed by atoms with Gasteiger partial charge in [0.05, 0.1) is 82.5 Å². The number of H-pyrrole nitrogens is 2. The second-order valence-corrected chi connectivity index (χ2v) is 23.8. The zero-order valence-electron chi connectivity index (χ0n) is 38.7. The average molecular weight is 1300 g/mol. The molecular weight excluding hydrogens is 1280 g/mol. The molecule has 0 saturated carbocycles. The molecule has 0 amide bonds. The SMILES string of the molecule is O=S(=O)([O-])c1ccc(Cl)c(-c2c3nc(c(-c4c(Cl)ccc(S(=O)(=O)[O-])c4Cl)c4ccc([nH]4)c(-c4c(Cl)ccc(S(=O)(=O)[O-])c4Cl)c4nc(c(-c5c(Cl)ccc(S(=O)(=O)[O-])c5Cl)c5ccc2[nH]5)C=C4)C=C3)c1Cl.[Na+].[Na+].[Na+].[Na+]. The third-order valence-corrected chi connectivity index (χ3v) is 17.8. The van der Waals surface area contributed by atoms with Crippen LogP contribution >= 0.6 is 92.8 Å². The van der Waals surface area contributed by atoms with Gasteiger partial charge in [-0.3, -0.25) is 0 Å². The van der Waals surface area contributed by atoms with Gasteiger partial charge in [-0.2, -0.15) is 0 Å². The third kappa shape index (κ3) is 12.5. The molecule has 370 valence electrons. The summed E-state index contributed by atoms with van der Waals surface area (Å²) in [5, 5.41) is -3.46. The Balaban J connectivity index is 0.00000267. The Hall–Kier alpha value is -0.560. The maximum absolute atomic E-state index is 12.6. The van der Waals surface area contributed by atoms with E-state index < -0.39 is 80.1 Å². The maximum Gasteiger partial charge on any atom is 1.00 e. The number of benzene rings is 4.